The minimum absolute atomic E-state index is 0.0802. The van der Waals surface area contributed by atoms with Crippen molar-refractivity contribution in [2.24, 2.45) is 5.92 Å². The second-order valence-electron chi connectivity index (χ2n) is 9.37. The number of benzene rings is 3. The van der Waals surface area contributed by atoms with E-state index in [1.807, 2.05) is 50.2 Å². The monoisotopic (exact) mass is 486 g/mol. The molecule has 0 unspecified atom stereocenters. The summed E-state index contributed by atoms with van der Waals surface area (Å²) in [6.45, 7) is 4.06. The summed E-state index contributed by atoms with van der Waals surface area (Å²) >= 11 is 0. The lowest BCUT2D eigenvalue weighted by atomic mass is 9.98. The van der Waals surface area contributed by atoms with Gasteiger partial charge in [-0.3, -0.25) is 9.59 Å². The van der Waals surface area contributed by atoms with E-state index in [0.717, 1.165) is 22.3 Å². The molecule has 1 aliphatic rings. The van der Waals surface area contributed by atoms with Gasteiger partial charge in [0.1, 0.15) is 12.6 Å². The zero-order valence-corrected chi connectivity index (χ0v) is 20.4. The number of carbonyl (C=O) groups excluding carboxylic acids is 2. The first-order chi connectivity index (χ1) is 17.3. The molecular weight excluding hydrogens is 456 g/mol. The zero-order chi connectivity index (χ0) is 25.7. The molecule has 0 aliphatic heterocycles. The number of para-hydroxylation sites is 1. The lowest BCUT2D eigenvalue weighted by Gasteiger charge is -2.21. The minimum Gasteiger partial charge on any atom is -0.481 e. The fourth-order valence-corrected chi connectivity index (χ4v) is 4.66. The molecule has 36 heavy (non-hydrogen) atoms. The number of hydrogen-bond donors (Lipinski definition) is 3. The maximum Gasteiger partial charge on any atom is 0.407 e. The lowest BCUT2D eigenvalue weighted by molar-refractivity contribution is -0.136. The summed E-state index contributed by atoms with van der Waals surface area (Å²) in [5, 5.41) is 14.6. The molecule has 0 saturated carbocycles. The highest BCUT2D eigenvalue weighted by molar-refractivity contribution is 5.97. The molecule has 0 heterocycles. The summed E-state index contributed by atoms with van der Waals surface area (Å²) in [4.78, 5) is 37.1. The van der Waals surface area contributed by atoms with Crippen LogP contribution in [0.15, 0.2) is 72.8 Å². The second-order valence-corrected chi connectivity index (χ2v) is 9.37. The fourth-order valence-electron chi connectivity index (χ4n) is 4.66. The van der Waals surface area contributed by atoms with Gasteiger partial charge in [0.2, 0.25) is 5.91 Å². The third-order valence-electron chi connectivity index (χ3n) is 6.28. The molecule has 7 heteroatoms. The predicted octanol–water partition coefficient (Wildman–Crippen LogP) is 5.21. The molecule has 4 rings (SSSR count). The van der Waals surface area contributed by atoms with E-state index in [1.165, 1.54) is 0 Å². The maximum atomic E-state index is 13.1. The predicted molar refractivity (Wildman–Crippen MR) is 138 cm³/mol. The van der Waals surface area contributed by atoms with Crippen molar-refractivity contribution >= 4 is 23.7 Å². The Kier molecular flexibility index (Phi) is 7.68. The third-order valence-corrected chi connectivity index (χ3v) is 6.28. The van der Waals surface area contributed by atoms with Crippen LogP contribution < -0.4 is 10.6 Å². The van der Waals surface area contributed by atoms with E-state index in [4.69, 9.17) is 9.84 Å². The van der Waals surface area contributed by atoms with Crippen LogP contribution in [-0.2, 0) is 20.7 Å². The van der Waals surface area contributed by atoms with Crippen molar-refractivity contribution in [2.75, 3.05) is 11.9 Å². The molecule has 0 aromatic heterocycles. The average Bonchev–Trinajstić information content (AvgIpc) is 3.16. The topological polar surface area (TPSA) is 105 Å². The van der Waals surface area contributed by atoms with Crippen LogP contribution in [0.3, 0.4) is 0 Å². The molecule has 186 valence electrons. The number of nitrogens with one attached hydrogen (secondary N) is 2. The van der Waals surface area contributed by atoms with E-state index in [9.17, 15) is 14.4 Å². The number of amides is 2. The van der Waals surface area contributed by atoms with Crippen molar-refractivity contribution < 1.29 is 24.2 Å². The number of carboxylic acid groups (broad SMARTS) is 1. The van der Waals surface area contributed by atoms with Crippen LogP contribution >= 0.6 is 0 Å². The number of aliphatic carboxylic acids is 1. The van der Waals surface area contributed by atoms with E-state index >= 15 is 0 Å². The molecule has 3 aromatic rings. The summed E-state index contributed by atoms with van der Waals surface area (Å²) in [6.07, 6.45) is -0.487. The maximum absolute atomic E-state index is 13.1. The van der Waals surface area contributed by atoms with Gasteiger partial charge in [0.15, 0.2) is 0 Å². The van der Waals surface area contributed by atoms with Gasteiger partial charge in [-0.25, -0.2) is 4.79 Å². The Hall–Kier alpha value is -4.13. The number of ether oxygens (including phenoxy) is 1. The Morgan fingerprint density at radius 3 is 2.08 bits per heavy atom. The molecular formula is C29H30N2O5. The summed E-state index contributed by atoms with van der Waals surface area (Å²) in [5.74, 6) is -1.37. The Morgan fingerprint density at radius 2 is 1.47 bits per heavy atom. The quantitative estimate of drug-likeness (QED) is 0.385. The number of anilines is 1. The molecule has 0 bridgehead atoms. The van der Waals surface area contributed by atoms with Crippen LogP contribution in [-0.4, -0.2) is 35.7 Å². The van der Waals surface area contributed by atoms with E-state index in [0.29, 0.717) is 17.7 Å². The molecule has 0 saturated heterocycles. The molecule has 3 N–H and O–H groups in total. The highest BCUT2D eigenvalue weighted by atomic mass is 16.5. The normalized spacial score (nSPS) is 13.0. The van der Waals surface area contributed by atoms with Crippen molar-refractivity contribution in [1.82, 2.24) is 5.32 Å². The third kappa shape index (κ3) is 5.74. The number of alkyl carbamates (subject to hydrolysis) is 1. The van der Waals surface area contributed by atoms with Crippen molar-refractivity contribution in [3.63, 3.8) is 0 Å². The molecule has 7 nitrogen and oxygen atoms in total. The summed E-state index contributed by atoms with van der Waals surface area (Å²) in [7, 11) is 0. The molecule has 1 aliphatic carbocycles. The highest BCUT2D eigenvalue weighted by Crippen LogP contribution is 2.44. The van der Waals surface area contributed by atoms with Crippen molar-refractivity contribution in [3.8, 4) is 11.1 Å². The second kappa shape index (κ2) is 11.1. The SMILES string of the molecule is CC(C)C[C@H](NC(=O)OCC1c2ccccc2-c2ccccc21)C(=O)Nc1ccccc1CC(=O)O. The summed E-state index contributed by atoms with van der Waals surface area (Å²) in [5.41, 5.74) is 5.39. The van der Waals surface area contributed by atoms with Crippen LogP contribution in [0.2, 0.25) is 0 Å². The van der Waals surface area contributed by atoms with Gasteiger partial charge in [0.25, 0.3) is 0 Å². The first-order valence-electron chi connectivity index (χ1n) is 12.1. The van der Waals surface area contributed by atoms with Gasteiger partial charge in [-0.2, -0.15) is 0 Å². The molecule has 3 aromatic carbocycles. The smallest absolute Gasteiger partial charge is 0.407 e. The van der Waals surface area contributed by atoms with Crippen LogP contribution in [0.1, 0.15) is 42.9 Å². The van der Waals surface area contributed by atoms with Gasteiger partial charge >= 0.3 is 12.1 Å². The van der Waals surface area contributed by atoms with Gasteiger partial charge in [-0.15, -0.1) is 0 Å². The van der Waals surface area contributed by atoms with Gasteiger partial charge in [0.05, 0.1) is 6.42 Å². The Balaban J connectivity index is 1.43. The van der Waals surface area contributed by atoms with Crippen LogP contribution in [0.4, 0.5) is 10.5 Å². The largest absolute Gasteiger partial charge is 0.481 e. The fraction of sp³-hybridized carbons (Fsp3) is 0.276. The molecule has 0 radical (unpaired) electrons. The average molecular weight is 487 g/mol. The summed E-state index contributed by atoms with van der Waals surface area (Å²) < 4.78 is 5.62. The number of carbonyl (C=O) groups is 3. The Bertz CT molecular complexity index is 1220. The van der Waals surface area contributed by atoms with E-state index in [-0.39, 0.29) is 24.9 Å². The van der Waals surface area contributed by atoms with E-state index < -0.39 is 24.0 Å². The first-order valence-corrected chi connectivity index (χ1v) is 12.1. The van der Waals surface area contributed by atoms with Crippen LogP contribution in [0.5, 0.6) is 0 Å². The first kappa shape index (κ1) is 25.0. The van der Waals surface area contributed by atoms with Gasteiger partial charge < -0.3 is 20.5 Å². The Labute approximate surface area is 210 Å². The lowest BCUT2D eigenvalue weighted by Crippen LogP contribution is -2.45. The van der Waals surface area contributed by atoms with Gasteiger partial charge in [-0.1, -0.05) is 80.6 Å². The molecule has 1 atom stereocenters. The van der Waals surface area contributed by atoms with Gasteiger partial charge in [-0.05, 0) is 46.2 Å². The molecule has 0 fully saturated rings. The van der Waals surface area contributed by atoms with Crippen LogP contribution in [0, 0.1) is 5.92 Å². The van der Waals surface area contributed by atoms with E-state index in [1.54, 1.807) is 24.3 Å². The van der Waals surface area contributed by atoms with Crippen LogP contribution in [0.25, 0.3) is 11.1 Å². The van der Waals surface area contributed by atoms with Crippen molar-refractivity contribution in [1.29, 1.82) is 0 Å². The van der Waals surface area contributed by atoms with Crippen molar-refractivity contribution in [3.05, 3.63) is 89.5 Å². The number of carboxylic acids is 1. The number of fused-ring (bicyclic) bond motifs is 3. The minimum atomic E-state index is -0.993. The standard InChI is InChI=1S/C29H30N2O5/c1-18(2)15-26(28(34)30-25-14-8-3-9-19(25)16-27(32)33)31-29(35)36-17-24-22-12-6-4-10-20(22)21-11-5-7-13-23(21)24/h3-14,18,24,26H,15-17H2,1-2H3,(H,30,34)(H,31,35)(H,32,33)/t26-/m0/s1. The highest BCUT2D eigenvalue weighted by Gasteiger charge is 2.30. The van der Waals surface area contributed by atoms with Crippen molar-refractivity contribution in [2.45, 2.75) is 38.6 Å². The summed E-state index contributed by atoms with van der Waals surface area (Å²) in [6, 6.07) is 22.1. The van der Waals surface area contributed by atoms with Gasteiger partial charge in [0, 0.05) is 11.6 Å². The number of hydrogen-bond acceptors (Lipinski definition) is 4. The zero-order valence-electron chi connectivity index (χ0n) is 20.4. The molecule has 2 amide bonds. The van der Waals surface area contributed by atoms with E-state index in [2.05, 4.69) is 22.8 Å². The molecule has 0 spiro atoms. The number of rotatable bonds is 9. The Morgan fingerprint density at radius 1 is 0.889 bits per heavy atom.